The number of nitrogens with one attached hydrogen (secondary N) is 1. The predicted molar refractivity (Wildman–Crippen MR) is 119 cm³/mol. The Kier molecular flexibility index (Phi) is 6.77. The predicted octanol–water partition coefficient (Wildman–Crippen LogP) is 4.23. The lowest BCUT2D eigenvalue weighted by molar-refractivity contribution is 0.246. The minimum absolute atomic E-state index is 0.564. The maximum absolute atomic E-state index is 11.8. The summed E-state index contributed by atoms with van der Waals surface area (Å²) < 4.78 is 5.21. The molecule has 7 heteroatoms. The summed E-state index contributed by atoms with van der Waals surface area (Å²) in [5.74, 6) is 12.6. The molecule has 3 aromatic rings. The number of nitrogens with zero attached hydrogens (tertiary/aromatic N) is 1. The molecule has 0 aliphatic rings. The van der Waals surface area contributed by atoms with Crippen molar-refractivity contribution in [3.05, 3.63) is 77.9 Å². The number of carbonyl (C=O) groups is 1. The quantitative estimate of drug-likeness (QED) is 0.246. The molecule has 0 aromatic heterocycles. The second-order valence-electron chi connectivity index (χ2n) is 6.43. The number of amides is 2. The number of hydrogen-bond donors (Lipinski definition) is 3. The first-order chi connectivity index (χ1) is 14.0. The van der Waals surface area contributed by atoms with Gasteiger partial charge in [0.15, 0.2) is 0 Å². The van der Waals surface area contributed by atoms with Crippen LogP contribution in [0.3, 0.4) is 0 Å². The number of nitrogens with two attached hydrogens (primary N) is 2. The molecule has 0 atom stereocenters. The highest BCUT2D eigenvalue weighted by Crippen LogP contribution is 2.32. The number of carbonyl (C=O) groups excluding carboxylic acids is 1. The minimum atomic E-state index is -0.564. The summed E-state index contributed by atoms with van der Waals surface area (Å²) in [7, 11) is 1.66. The van der Waals surface area contributed by atoms with Crippen molar-refractivity contribution in [3.8, 4) is 16.9 Å². The maximum Gasteiger partial charge on any atom is 0.350 e. The second-order valence-corrected chi connectivity index (χ2v) is 7.48. The first kappa shape index (κ1) is 20.7. The van der Waals surface area contributed by atoms with Crippen molar-refractivity contribution >= 4 is 23.5 Å². The number of aryl methyl sites for hydroxylation is 1. The first-order valence-corrected chi connectivity index (χ1v) is 10.0. The molecule has 29 heavy (non-hydrogen) atoms. The van der Waals surface area contributed by atoms with Crippen molar-refractivity contribution in [2.75, 3.05) is 12.1 Å². The molecule has 5 N–H and O–H groups in total. The average molecular weight is 409 g/mol. The van der Waals surface area contributed by atoms with E-state index in [2.05, 4.69) is 29.7 Å². The van der Waals surface area contributed by atoms with Gasteiger partial charge in [-0.3, -0.25) is 5.43 Å². The summed E-state index contributed by atoms with van der Waals surface area (Å²) in [6, 6.07) is 21.5. The molecule has 0 spiro atoms. The monoisotopic (exact) mass is 408 g/mol. The molecule has 150 valence electrons. The van der Waals surface area contributed by atoms with Crippen LogP contribution in [0.5, 0.6) is 5.75 Å². The Hall–Kier alpha value is -3.00. The number of rotatable bonds is 6. The van der Waals surface area contributed by atoms with E-state index < -0.39 is 6.03 Å². The van der Waals surface area contributed by atoms with Crippen molar-refractivity contribution in [1.82, 2.24) is 5.43 Å². The zero-order valence-corrected chi connectivity index (χ0v) is 17.2. The highest BCUT2D eigenvalue weighted by molar-refractivity contribution is 7.98. The van der Waals surface area contributed by atoms with E-state index in [1.165, 1.54) is 0 Å². The first-order valence-electron chi connectivity index (χ1n) is 9.04. The Morgan fingerprint density at radius 1 is 1.03 bits per heavy atom. The molecule has 0 bridgehead atoms. The van der Waals surface area contributed by atoms with Gasteiger partial charge in [-0.1, -0.05) is 36.4 Å². The normalized spacial score (nSPS) is 10.5. The van der Waals surface area contributed by atoms with Gasteiger partial charge in [0.2, 0.25) is 0 Å². The molecule has 0 heterocycles. The lowest BCUT2D eigenvalue weighted by Crippen LogP contribution is -2.48. The van der Waals surface area contributed by atoms with E-state index in [0.29, 0.717) is 11.4 Å². The summed E-state index contributed by atoms with van der Waals surface area (Å²) >= 11 is 1.68. The number of thioether (sulfide) groups is 1. The van der Waals surface area contributed by atoms with E-state index >= 15 is 0 Å². The van der Waals surface area contributed by atoms with E-state index in [1.807, 2.05) is 49.4 Å². The molecule has 0 radical (unpaired) electrons. The van der Waals surface area contributed by atoms with Gasteiger partial charge in [0.1, 0.15) is 5.75 Å². The van der Waals surface area contributed by atoms with Crippen LogP contribution in [-0.4, -0.2) is 13.1 Å². The fourth-order valence-electron chi connectivity index (χ4n) is 2.96. The minimum Gasteiger partial charge on any atom is -0.497 e. The van der Waals surface area contributed by atoms with Gasteiger partial charge in [0, 0.05) is 10.6 Å². The maximum atomic E-state index is 11.8. The van der Waals surface area contributed by atoms with Gasteiger partial charge in [0.25, 0.3) is 0 Å². The molecule has 3 rings (SSSR count). The molecule has 0 fully saturated rings. The van der Waals surface area contributed by atoms with E-state index in [1.54, 1.807) is 18.9 Å². The highest BCUT2D eigenvalue weighted by Gasteiger charge is 2.16. The van der Waals surface area contributed by atoms with Crippen LogP contribution in [-0.2, 0) is 5.75 Å². The molecular formula is C22H24N4O2S. The summed E-state index contributed by atoms with van der Waals surface area (Å²) in [6.07, 6.45) is 0. The molecule has 0 unspecified atom stereocenters. The summed E-state index contributed by atoms with van der Waals surface area (Å²) in [5.41, 5.74) is 7.02. The topological polar surface area (TPSA) is 93.6 Å². The van der Waals surface area contributed by atoms with Crippen molar-refractivity contribution in [2.24, 2.45) is 11.7 Å². The zero-order chi connectivity index (χ0) is 20.8. The smallest absolute Gasteiger partial charge is 0.350 e. The Labute approximate surface area is 174 Å². The third-order valence-electron chi connectivity index (χ3n) is 4.65. The Morgan fingerprint density at radius 3 is 2.24 bits per heavy atom. The molecule has 0 saturated carbocycles. The van der Waals surface area contributed by atoms with Crippen molar-refractivity contribution in [3.63, 3.8) is 0 Å². The van der Waals surface area contributed by atoms with Crippen LogP contribution < -0.4 is 26.9 Å². The summed E-state index contributed by atoms with van der Waals surface area (Å²) in [4.78, 5) is 12.9. The number of hydrogen-bond acceptors (Lipinski definition) is 5. The van der Waals surface area contributed by atoms with Crippen LogP contribution in [0.1, 0.15) is 11.1 Å². The van der Waals surface area contributed by atoms with Crippen LogP contribution in [0.4, 0.5) is 10.5 Å². The number of anilines is 1. The fourth-order valence-corrected chi connectivity index (χ4v) is 3.98. The van der Waals surface area contributed by atoms with E-state index in [4.69, 9.17) is 16.4 Å². The largest absolute Gasteiger partial charge is 0.497 e. The Morgan fingerprint density at radius 2 is 1.66 bits per heavy atom. The standard InChI is InChI=1S/C22H24N4O2S/c1-15-4-3-5-21(26(24)22(27)25-23)20(15)14-29-19-12-8-17(9-13-19)16-6-10-18(28-2)11-7-16/h3-13H,14,23-24H2,1-2H3,(H,25,27). The van der Waals surface area contributed by atoms with Crippen molar-refractivity contribution in [1.29, 1.82) is 0 Å². The number of urea groups is 1. The van der Waals surface area contributed by atoms with Gasteiger partial charge >= 0.3 is 6.03 Å². The van der Waals surface area contributed by atoms with Gasteiger partial charge in [-0.15, -0.1) is 11.8 Å². The molecule has 0 aliphatic heterocycles. The lowest BCUT2D eigenvalue weighted by atomic mass is 10.1. The summed E-state index contributed by atoms with van der Waals surface area (Å²) in [6.45, 7) is 2.00. The molecule has 6 nitrogen and oxygen atoms in total. The van der Waals surface area contributed by atoms with Crippen molar-refractivity contribution in [2.45, 2.75) is 17.6 Å². The number of hydrazine groups is 2. The van der Waals surface area contributed by atoms with Gasteiger partial charge < -0.3 is 4.74 Å². The number of methoxy groups -OCH3 is 1. The van der Waals surface area contributed by atoms with Gasteiger partial charge in [-0.25, -0.2) is 21.5 Å². The van der Waals surface area contributed by atoms with Crippen LogP contribution >= 0.6 is 11.8 Å². The van der Waals surface area contributed by atoms with E-state index in [9.17, 15) is 4.79 Å². The Balaban J connectivity index is 1.74. The van der Waals surface area contributed by atoms with Crippen LogP contribution in [0.25, 0.3) is 11.1 Å². The third kappa shape index (κ3) is 4.89. The fraction of sp³-hybridized carbons (Fsp3) is 0.136. The molecule has 0 aliphatic carbocycles. The number of ether oxygens (including phenoxy) is 1. The van der Waals surface area contributed by atoms with Crippen LogP contribution in [0.15, 0.2) is 71.6 Å². The van der Waals surface area contributed by atoms with E-state index in [-0.39, 0.29) is 0 Å². The van der Waals surface area contributed by atoms with Crippen molar-refractivity contribution < 1.29 is 9.53 Å². The Bertz CT molecular complexity index is 975. The molecule has 3 aromatic carbocycles. The van der Waals surface area contributed by atoms with Crippen LogP contribution in [0, 0.1) is 6.92 Å². The third-order valence-corrected chi connectivity index (χ3v) is 5.69. The second kappa shape index (κ2) is 9.47. The molecule has 0 saturated heterocycles. The van der Waals surface area contributed by atoms with E-state index in [0.717, 1.165) is 37.9 Å². The summed E-state index contributed by atoms with van der Waals surface area (Å²) in [5, 5.41) is 1.04. The van der Waals surface area contributed by atoms with Gasteiger partial charge in [0.05, 0.1) is 12.8 Å². The average Bonchev–Trinajstić information content (AvgIpc) is 2.77. The zero-order valence-electron chi connectivity index (χ0n) is 16.4. The van der Waals surface area contributed by atoms with Gasteiger partial charge in [-0.2, -0.15) is 0 Å². The van der Waals surface area contributed by atoms with Gasteiger partial charge in [-0.05, 0) is 59.5 Å². The number of benzene rings is 3. The van der Waals surface area contributed by atoms with Crippen LogP contribution in [0.2, 0.25) is 0 Å². The lowest BCUT2D eigenvalue weighted by Gasteiger charge is -2.20. The molecular weight excluding hydrogens is 384 g/mol. The SMILES string of the molecule is COc1ccc(-c2ccc(SCc3c(C)cccc3N(N)C(=O)NN)cc2)cc1. The molecule has 2 amide bonds. The highest BCUT2D eigenvalue weighted by atomic mass is 32.2.